The third-order valence-electron chi connectivity index (χ3n) is 12.1. The molecule has 2 unspecified atom stereocenters. The van der Waals surface area contributed by atoms with Crippen molar-refractivity contribution in [3.63, 3.8) is 0 Å². The highest BCUT2D eigenvalue weighted by atomic mass is 28.4. The predicted molar refractivity (Wildman–Crippen MR) is 176 cm³/mol. The summed E-state index contributed by atoms with van der Waals surface area (Å²) in [5, 5.41) is 0.348. The van der Waals surface area contributed by atoms with E-state index in [1.807, 2.05) is 0 Å². The van der Waals surface area contributed by atoms with Crippen molar-refractivity contribution in [3.05, 3.63) is 35.5 Å². The van der Waals surface area contributed by atoms with Crippen molar-refractivity contribution >= 4 is 16.6 Å². The molecule has 0 aromatic heterocycles. The summed E-state index contributed by atoms with van der Waals surface area (Å²) >= 11 is 0. The number of hydrogen-bond donors (Lipinski definition) is 0. The lowest BCUT2D eigenvalue weighted by Gasteiger charge is -2.46. The van der Waals surface area contributed by atoms with Crippen molar-refractivity contribution in [1.29, 1.82) is 0 Å². The van der Waals surface area contributed by atoms with Gasteiger partial charge in [-0.05, 0) is 110 Å². The molecule has 0 N–H and O–H groups in total. The molecule has 0 aliphatic heterocycles. The van der Waals surface area contributed by atoms with E-state index in [1.54, 1.807) is 5.57 Å². The minimum Gasteiger partial charge on any atom is -0.410 e. The Morgan fingerprint density at radius 2 is 1.44 bits per heavy atom. The van der Waals surface area contributed by atoms with Gasteiger partial charge in [0.25, 0.3) is 0 Å². The highest BCUT2D eigenvalue weighted by molar-refractivity contribution is 6.74. The zero-order chi connectivity index (χ0) is 29.6. The fourth-order valence-electron chi connectivity index (χ4n) is 7.19. The molecule has 3 aliphatic rings. The number of hydrogen-bond acceptors (Lipinski definition) is 2. The van der Waals surface area contributed by atoms with E-state index >= 15 is 0 Å². The van der Waals surface area contributed by atoms with Gasteiger partial charge in [0.2, 0.25) is 0 Å². The van der Waals surface area contributed by atoms with Gasteiger partial charge in [0.15, 0.2) is 16.6 Å². The molecule has 0 radical (unpaired) electrons. The maximum Gasteiger partial charge on any atom is 0.192 e. The zero-order valence-corrected chi connectivity index (χ0v) is 30.2. The Morgan fingerprint density at radius 1 is 0.923 bits per heavy atom. The van der Waals surface area contributed by atoms with E-state index in [9.17, 15) is 0 Å². The van der Waals surface area contributed by atoms with Gasteiger partial charge in [-0.2, -0.15) is 0 Å². The van der Waals surface area contributed by atoms with Crippen LogP contribution in [0.1, 0.15) is 114 Å². The van der Waals surface area contributed by atoms with Crippen LogP contribution in [0.3, 0.4) is 0 Å². The third-order valence-corrected chi connectivity index (χ3v) is 21.1. The van der Waals surface area contributed by atoms with E-state index in [-0.39, 0.29) is 22.3 Å². The molecule has 3 aliphatic carbocycles. The Balaban J connectivity index is 1.92. The van der Waals surface area contributed by atoms with Crippen molar-refractivity contribution in [2.45, 2.75) is 162 Å². The van der Waals surface area contributed by atoms with Gasteiger partial charge in [0.1, 0.15) is 0 Å². The molecule has 2 nitrogen and oxygen atoms in total. The molecular weight excluding hydrogens is 509 g/mol. The van der Waals surface area contributed by atoms with Gasteiger partial charge in [-0.3, -0.25) is 0 Å². The third kappa shape index (κ3) is 6.97. The van der Waals surface area contributed by atoms with Crippen LogP contribution in [-0.2, 0) is 8.85 Å². The van der Waals surface area contributed by atoms with Crippen LogP contribution in [0, 0.1) is 23.2 Å². The van der Waals surface area contributed by atoms with Gasteiger partial charge < -0.3 is 8.85 Å². The molecule has 0 heterocycles. The minimum atomic E-state index is -1.94. The van der Waals surface area contributed by atoms with Gasteiger partial charge in [0.05, 0.1) is 12.2 Å². The highest BCUT2D eigenvalue weighted by Gasteiger charge is 2.50. The summed E-state index contributed by atoms with van der Waals surface area (Å²) in [7, 11) is -3.88. The van der Waals surface area contributed by atoms with E-state index in [1.165, 1.54) is 49.7 Å². The number of fused-ring (bicyclic) bond motifs is 1. The fraction of sp³-hybridized carbons (Fsp3) is 0.829. The fourth-order valence-corrected chi connectivity index (χ4v) is 9.79. The van der Waals surface area contributed by atoms with Gasteiger partial charge in [0, 0.05) is 0 Å². The normalized spacial score (nSPS) is 32.9. The summed E-state index contributed by atoms with van der Waals surface area (Å²) in [6.07, 6.45) is 15.2. The van der Waals surface area contributed by atoms with Gasteiger partial charge in [-0.25, -0.2) is 0 Å². The summed E-state index contributed by atoms with van der Waals surface area (Å²) in [6, 6.07) is 0. The van der Waals surface area contributed by atoms with Crippen LogP contribution in [0.2, 0.25) is 36.3 Å². The summed E-state index contributed by atoms with van der Waals surface area (Å²) in [5.41, 5.74) is 4.87. The first-order chi connectivity index (χ1) is 17.7. The van der Waals surface area contributed by atoms with E-state index in [2.05, 4.69) is 107 Å². The average Bonchev–Trinajstić information content (AvgIpc) is 3.15. The summed E-state index contributed by atoms with van der Waals surface area (Å²) in [6.45, 7) is 35.7. The monoisotopic (exact) mass is 572 g/mol. The summed E-state index contributed by atoms with van der Waals surface area (Å²) < 4.78 is 14.1. The Hall–Kier alpha value is -0.426. The molecule has 224 valence electrons. The van der Waals surface area contributed by atoms with Crippen LogP contribution in [-0.4, -0.2) is 28.8 Å². The quantitative estimate of drug-likeness (QED) is 0.223. The first-order valence-electron chi connectivity index (χ1n) is 16.2. The first kappa shape index (κ1) is 33.1. The van der Waals surface area contributed by atoms with Gasteiger partial charge in [-0.1, -0.05) is 98.6 Å². The molecule has 0 bridgehead atoms. The van der Waals surface area contributed by atoms with Crippen LogP contribution in [0.4, 0.5) is 0 Å². The maximum absolute atomic E-state index is 7.06. The van der Waals surface area contributed by atoms with Crippen LogP contribution < -0.4 is 0 Å². The van der Waals surface area contributed by atoms with Gasteiger partial charge >= 0.3 is 0 Å². The van der Waals surface area contributed by atoms with Crippen LogP contribution in [0.5, 0.6) is 0 Å². The smallest absolute Gasteiger partial charge is 0.192 e. The standard InChI is InChI=1S/C35H64O2Si2/c1-15-25(2)29-20-21-30-28(17-16-22-35(29,30)10)19-18-27-23-31(36-38(11,12)33(4,5)6)26(3)32(24-27)37-39(13,14)34(7,8)9/h18-19,25,29-32H,3,15-17,20-24H2,1-2,4-14H3/t25-,29?,30?,31-,32-,35-/m1/s1. The van der Waals surface area contributed by atoms with Crippen LogP contribution in [0.25, 0.3) is 0 Å². The predicted octanol–water partition coefficient (Wildman–Crippen LogP) is 11.2. The van der Waals surface area contributed by atoms with Crippen molar-refractivity contribution in [1.82, 2.24) is 0 Å². The second-order valence-electron chi connectivity index (χ2n) is 16.8. The maximum atomic E-state index is 7.06. The lowest BCUT2D eigenvalue weighted by molar-refractivity contribution is 0.0961. The molecular formula is C35H64O2Si2. The Kier molecular flexibility index (Phi) is 9.91. The van der Waals surface area contributed by atoms with Crippen molar-refractivity contribution < 1.29 is 8.85 Å². The Bertz CT molecular complexity index is 903. The van der Waals surface area contributed by atoms with Crippen molar-refractivity contribution in [3.8, 4) is 0 Å². The molecule has 39 heavy (non-hydrogen) atoms. The van der Waals surface area contributed by atoms with Crippen LogP contribution >= 0.6 is 0 Å². The zero-order valence-electron chi connectivity index (χ0n) is 28.2. The number of allylic oxidation sites excluding steroid dienone is 3. The average molecular weight is 573 g/mol. The molecule has 0 aromatic carbocycles. The van der Waals surface area contributed by atoms with E-state index < -0.39 is 16.6 Å². The van der Waals surface area contributed by atoms with Crippen molar-refractivity contribution in [2.75, 3.05) is 0 Å². The molecule has 0 saturated heterocycles. The lowest BCUT2D eigenvalue weighted by Crippen LogP contribution is -2.49. The topological polar surface area (TPSA) is 18.5 Å². The largest absolute Gasteiger partial charge is 0.410 e. The highest BCUT2D eigenvalue weighted by Crippen LogP contribution is 2.59. The molecule has 3 fully saturated rings. The SMILES string of the molecule is C=C1[C@H](O[Si](C)(C)C(C)(C)C)CC(=CC=C2CCC[C@@]3(C)C2CCC3[C@H](C)CC)C[C@H]1O[Si](C)(C)C(C)(C)C. The van der Waals surface area contributed by atoms with E-state index in [0.717, 1.165) is 30.6 Å². The lowest BCUT2D eigenvalue weighted by atomic mass is 9.61. The van der Waals surface area contributed by atoms with E-state index in [4.69, 9.17) is 8.85 Å². The molecule has 3 rings (SSSR count). The number of rotatable bonds is 7. The van der Waals surface area contributed by atoms with E-state index in [0.29, 0.717) is 5.41 Å². The second-order valence-corrected chi connectivity index (χ2v) is 26.3. The molecule has 4 heteroatoms. The molecule has 6 atom stereocenters. The van der Waals surface area contributed by atoms with Crippen molar-refractivity contribution in [2.24, 2.45) is 23.2 Å². The second kappa shape index (κ2) is 11.7. The first-order valence-corrected chi connectivity index (χ1v) is 22.0. The minimum absolute atomic E-state index is 0.0527. The molecule has 3 saturated carbocycles. The Labute approximate surface area is 245 Å². The molecule has 0 aromatic rings. The Morgan fingerprint density at radius 3 is 1.90 bits per heavy atom. The van der Waals surface area contributed by atoms with Gasteiger partial charge in [-0.15, -0.1) is 0 Å². The van der Waals surface area contributed by atoms with Crippen LogP contribution in [0.15, 0.2) is 35.5 Å². The summed E-state index contributed by atoms with van der Waals surface area (Å²) in [5.74, 6) is 2.48. The summed E-state index contributed by atoms with van der Waals surface area (Å²) in [4.78, 5) is 0. The molecule has 0 spiro atoms. The molecule has 0 amide bonds.